The molecule has 0 amide bonds. The third kappa shape index (κ3) is 2.28. The van der Waals surface area contributed by atoms with Crippen molar-refractivity contribution in [1.82, 2.24) is 5.32 Å². The Kier molecular flexibility index (Phi) is 4.01. The van der Waals surface area contributed by atoms with Crippen molar-refractivity contribution in [2.24, 2.45) is 5.92 Å². The molecule has 1 aliphatic carbocycles. The lowest BCUT2D eigenvalue weighted by Crippen LogP contribution is -2.48. The minimum absolute atomic E-state index is 0. The van der Waals surface area contributed by atoms with Crippen molar-refractivity contribution in [3.63, 3.8) is 0 Å². The molecule has 3 nitrogen and oxygen atoms in total. The lowest BCUT2D eigenvalue weighted by Gasteiger charge is -2.24. The van der Waals surface area contributed by atoms with Crippen molar-refractivity contribution in [3.05, 3.63) is 0 Å². The molecule has 0 aromatic carbocycles. The lowest BCUT2D eigenvalue weighted by molar-refractivity contribution is -0.147. The number of rotatable bonds is 1. The van der Waals surface area contributed by atoms with E-state index in [1.807, 2.05) is 6.92 Å². The van der Waals surface area contributed by atoms with E-state index in [1.54, 1.807) is 0 Å². The quantitative estimate of drug-likeness (QED) is 0.703. The highest BCUT2D eigenvalue weighted by atomic mass is 35.5. The Balaban J connectivity index is 0.00000112. The number of carbonyl (C=O) groups is 1. The Hall–Kier alpha value is -0.280. The van der Waals surface area contributed by atoms with Gasteiger partial charge in [0.05, 0.1) is 7.11 Å². The van der Waals surface area contributed by atoms with Gasteiger partial charge in [-0.15, -0.1) is 12.4 Å². The van der Waals surface area contributed by atoms with Crippen molar-refractivity contribution in [2.45, 2.75) is 50.6 Å². The zero-order chi connectivity index (χ0) is 10.2. The summed E-state index contributed by atoms with van der Waals surface area (Å²) in [5.41, 5.74) is -0.422. The highest BCUT2D eigenvalue weighted by molar-refractivity contribution is 5.85. The fourth-order valence-corrected chi connectivity index (χ4v) is 3.00. The maximum atomic E-state index is 11.6. The van der Waals surface area contributed by atoms with Gasteiger partial charge in [0.25, 0.3) is 0 Å². The molecule has 0 radical (unpaired) electrons. The Bertz CT molecular complexity index is 231. The van der Waals surface area contributed by atoms with E-state index in [9.17, 15) is 4.79 Å². The third-order valence-corrected chi connectivity index (χ3v) is 3.72. The molecule has 1 aliphatic heterocycles. The van der Waals surface area contributed by atoms with Gasteiger partial charge in [0.2, 0.25) is 0 Å². The van der Waals surface area contributed by atoms with E-state index in [-0.39, 0.29) is 18.4 Å². The van der Waals surface area contributed by atoms with Crippen molar-refractivity contribution < 1.29 is 9.53 Å². The van der Waals surface area contributed by atoms with Crippen LogP contribution in [0.2, 0.25) is 0 Å². The van der Waals surface area contributed by atoms with Crippen LogP contribution >= 0.6 is 12.4 Å². The highest BCUT2D eigenvalue weighted by Gasteiger charge is 2.47. The number of esters is 1. The number of carbonyl (C=O) groups excluding carboxylic acids is 1. The van der Waals surface area contributed by atoms with Gasteiger partial charge in [-0.1, -0.05) is 12.8 Å². The number of hydrogen-bond acceptors (Lipinski definition) is 3. The fraction of sp³-hybridized carbons (Fsp3) is 0.909. The molecule has 3 atom stereocenters. The van der Waals surface area contributed by atoms with Crippen LogP contribution in [0.5, 0.6) is 0 Å². The average Bonchev–Trinajstić information content (AvgIpc) is 2.54. The van der Waals surface area contributed by atoms with Gasteiger partial charge in [-0.3, -0.25) is 10.1 Å². The smallest absolute Gasteiger partial charge is 0.325 e. The van der Waals surface area contributed by atoms with Crippen LogP contribution in [0.3, 0.4) is 0 Å². The number of ether oxygens (including phenoxy) is 1. The maximum Gasteiger partial charge on any atom is 0.325 e. The fourth-order valence-electron chi connectivity index (χ4n) is 3.00. The van der Waals surface area contributed by atoms with Crippen LogP contribution in [0.4, 0.5) is 0 Å². The van der Waals surface area contributed by atoms with Crippen LogP contribution < -0.4 is 5.32 Å². The SMILES string of the molecule is COC(=O)[C@@]1(C)C[C@@H]2CCCC[C@@H]2N1.Cl. The second-order valence-corrected chi connectivity index (χ2v) is 4.82. The third-order valence-electron chi connectivity index (χ3n) is 3.72. The maximum absolute atomic E-state index is 11.6. The second-order valence-electron chi connectivity index (χ2n) is 4.82. The van der Waals surface area contributed by atoms with Crippen LogP contribution in [0.1, 0.15) is 39.0 Å². The summed E-state index contributed by atoms with van der Waals surface area (Å²) in [6, 6.07) is 0.549. The summed E-state index contributed by atoms with van der Waals surface area (Å²) in [6.07, 6.45) is 6.05. The van der Waals surface area contributed by atoms with Crippen LogP contribution in [-0.2, 0) is 9.53 Å². The lowest BCUT2D eigenvalue weighted by atomic mass is 9.83. The molecule has 88 valence electrons. The van der Waals surface area contributed by atoms with E-state index in [2.05, 4.69) is 5.32 Å². The molecule has 0 bridgehead atoms. The normalized spacial score (nSPS) is 39.1. The first-order chi connectivity index (χ1) is 6.65. The summed E-state index contributed by atoms with van der Waals surface area (Å²) in [4.78, 5) is 11.6. The van der Waals surface area contributed by atoms with Gasteiger partial charge in [-0.25, -0.2) is 0 Å². The monoisotopic (exact) mass is 233 g/mol. The van der Waals surface area contributed by atoms with Crippen LogP contribution in [0, 0.1) is 5.92 Å². The topological polar surface area (TPSA) is 38.3 Å². The molecular weight excluding hydrogens is 214 g/mol. The number of fused-ring (bicyclic) bond motifs is 1. The molecular formula is C11H20ClNO2. The van der Waals surface area contributed by atoms with Gasteiger partial charge in [0.1, 0.15) is 5.54 Å². The van der Waals surface area contributed by atoms with Gasteiger partial charge >= 0.3 is 5.97 Å². The minimum Gasteiger partial charge on any atom is -0.468 e. The number of nitrogens with one attached hydrogen (secondary N) is 1. The number of hydrogen-bond donors (Lipinski definition) is 1. The largest absolute Gasteiger partial charge is 0.468 e. The first-order valence-corrected chi connectivity index (χ1v) is 5.52. The molecule has 2 fully saturated rings. The van der Waals surface area contributed by atoms with E-state index in [1.165, 1.54) is 32.8 Å². The van der Waals surface area contributed by atoms with E-state index >= 15 is 0 Å². The zero-order valence-corrected chi connectivity index (χ0v) is 10.2. The van der Waals surface area contributed by atoms with E-state index < -0.39 is 5.54 Å². The minimum atomic E-state index is -0.422. The Morgan fingerprint density at radius 2 is 2.07 bits per heavy atom. The Morgan fingerprint density at radius 1 is 1.40 bits per heavy atom. The molecule has 1 heterocycles. The Labute approximate surface area is 97.4 Å². The summed E-state index contributed by atoms with van der Waals surface area (Å²) in [5, 5.41) is 3.45. The molecule has 2 rings (SSSR count). The standard InChI is InChI=1S/C11H19NO2.ClH/c1-11(10(13)14-2)7-8-5-3-4-6-9(8)12-11;/h8-9,12H,3-7H2,1-2H3;1H/t8-,9-,11+;/m0./s1. The van der Waals surface area contributed by atoms with Gasteiger partial charge in [-0.05, 0) is 32.1 Å². The highest BCUT2D eigenvalue weighted by Crippen LogP contribution is 2.38. The van der Waals surface area contributed by atoms with E-state index in [0.29, 0.717) is 12.0 Å². The summed E-state index contributed by atoms with van der Waals surface area (Å²) in [5.74, 6) is 0.583. The molecule has 0 unspecified atom stereocenters. The molecule has 15 heavy (non-hydrogen) atoms. The van der Waals surface area contributed by atoms with Crippen molar-refractivity contribution in [2.75, 3.05) is 7.11 Å². The average molecular weight is 234 g/mol. The molecule has 4 heteroatoms. The first-order valence-electron chi connectivity index (χ1n) is 5.52. The second kappa shape index (κ2) is 4.71. The van der Waals surface area contributed by atoms with Gasteiger partial charge in [0.15, 0.2) is 0 Å². The van der Waals surface area contributed by atoms with Crippen LogP contribution in [0.15, 0.2) is 0 Å². The van der Waals surface area contributed by atoms with Crippen LogP contribution in [-0.4, -0.2) is 24.7 Å². The predicted octanol–water partition coefficient (Wildman–Crippen LogP) is 1.89. The van der Waals surface area contributed by atoms with Crippen LogP contribution in [0.25, 0.3) is 0 Å². The summed E-state index contributed by atoms with van der Waals surface area (Å²) in [7, 11) is 1.47. The van der Waals surface area contributed by atoms with Crippen molar-refractivity contribution >= 4 is 18.4 Å². The molecule has 2 aliphatic rings. The molecule has 0 aromatic heterocycles. The number of halogens is 1. The summed E-state index contributed by atoms with van der Waals surface area (Å²) >= 11 is 0. The molecule has 1 N–H and O–H groups in total. The zero-order valence-electron chi connectivity index (χ0n) is 9.41. The van der Waals surface area contributed by atoms with E-state index in [4.69, 9.17) is 4.74 Å². The van der Waals surface area contributed by atoms with Gasteiger partial charge in [0, 0.05) is 6.04 Å². The predicted molar refractivity (Wildman–Crippen MR) is 61.2 cm³/mol. The number of methoxy groups -OCH3 is 1. The molecule has 1 saturated carbocycles. The van der Waals surface area contributed by atoms with Gasteiger partial charge in [-0.2, -0.15) is 0 Å². The summed E-state index contributed by atoms with van der Waals surface area (Å²) in [6.45, 7) is 1.97. The Morgan fingerprint density at radius 3 is 2.67 bits per heavy atom. The molecule has 0 aromatic rings. The molecule has 0 spiro atoms. The van der Waals surface area contributed by atoms with Crippen molar-refractivity contribution in [1.29, 1.82) is 0 Å². The van der Waals surface area contributed by atoms with Gasteiger partial charge < -0.3 is 4.74 Å². The van der Waals surface area contributed by atoms with E-state index in [0.717, 1.165) is 6.42 Å². The first kappa shape index (κ1) is 12.8. The van der Waals surface area contributed by atoms with Crippen molar-refractivity contribution in [3.8, 4) is 0 Å². The molecule has 1 saturated heterocycles. The summed E-state index contributed by atoms with van der Waals surface area (Å²) < 4.78 is 4.84.